The standard InChI is InChI=1S/C35H36O4/c1-34(2,26-12-7-5-8-13-26)28-18-22-30(23-19-28)38-32(36)16-11-17-33(37)39-31-24-20-29(21-25-31)35(3,4)27-14-9-6-10-15-27/h5-10,12-15,18-25H,11,16-17H2,1-4H3. The van der Waals surface area contributed by atoms with Gasteiger partial charge < -0.3 is 9.47 Å². The van der Waals surface area contributed by atoms with Crippen LogP contribution in [0.4, 0.5) is 0 Å². The monoisotopic (exact) mass is 520 g/mol. The Balaban J connectivity index is 1.23. The number of carbonyl (C=O) groups excluding carboxylic acids is 2. The Morgan fingerprint density at radius 1 is 0.487 bits per heavy atom. The van der Waals surface area contributed by atoms with Crippen LogP contribution in [0.2, 0.25) is 0 Å². The van der Waals surface area contributed by atoms with Crippen molar-refractivity contribution in [1.29, 1.82) is 0 Å². The summed E-state index contributed by atoms with van der Waals surface area (Å²) in [5, 5.41) is 0. The second kappa shape index (κ2) is 12.1. The Bertz CT molecular complexity index is 1260. The molecule has 0 aliphatic carbocycles. The van der Waals surface area contributed by atoms with E-state index < -0.39 is 0 Å². The Morgan fingerprint density at radius 3 is 1.13 bits per heavy atom. The Hall–Kier alpha value is -4.18. The molecule has 0 fully saturated rings. The number of hydrogen-bond acceptors (Lipinski definition) is 4. The molecule has 0 amide bonds. The molecule has 0 bridgehead atoms. The molecule has 0 radical (unpaired) electrons. The first-order valence-electron chi connectivity index (χ1n) is 13.4. The molecule has 0 atom stereocenters. The fourth-order valence-electron chi connectivity index (χ4n) is 4.66. The lowest BCUT2D eigenvalue weighted by Gasteiger charge is -2.26. The van der Waals surface area contributed by atoms with Crippen LogP contribution in [0.25, 0.3) is 0 Å². The van der Waals surface area contributed by atoms with Gasteiger partial charge in [-0.05, 0) is 52.9 Å². The van der Waals surface area contributed by atoms with Crippen LogP contribution in [0, 0.1) is 0 Å². The topological polar surface area (TPSA) is 52.6 Å². The fourth-order valence-corrected chi connectivity index (χ4v) is 4.66. The van der Waals surface area contributed by atoms with Crippen LogP contribution >= 0.6 is 0 Å². The smallest absolute Gasteiger partial charge is 0.311 e. The Kier molecular flexibility index (Phi) is 8.65. The van der Waals surface area contributed by atoms with Crippen molar-refractivity contribution in [2.24, 2.45) is 0 Å². The lowest BCUT2D eigenvalue weighted by molar-refractivity contribution is -0.136. The highest BCUT2D eigenvalue weighted by molar-refractivity contribution is 5.75. The first kappa shape index (κ1) is 27.8. The van der Waals surface area contributed by atoms with Crippen molar-refractivity contribution in [2.45, 2.75) is 57.8 Å². The van der Waals surface area contributed by atoms with Crippen LogP contribution in [0.15, 0.2) is 109 Å². The largest absolute Gasteiger partial charge is 0.427 e. The predicted octanol–water partition coefficient (Wildman–Crippen LogP) is 8.02. The van der Waals surface area contributed by atoms with Gasteiger partial charge in [0.15, 0.2) is 0 Å². The molecule has 4 nitrogen and oxygen atoms in total. The highest BCUT2D eigenvalue weighted by atomic mass is 16.5. The molecule has 0 aliphatic rings. The molecule has 4 rings (SSSR count). The summed E-state index contributed by atoms with van der Waals surface area (Å²) in [6.45, 7) is 8.68. The summed E-state index contributed by atoms with van der Waals surface area (Å²) in [5.74, 6) is 0.248. The highest BCUT2D eigenvalue weighted by Crippen LogP contribution is 2.33. The molecule has 0 saturated heterocycles. The average molecular weight is 521 g/mol. The highest BCUT2D eigenvalue weighted by Gasteiger charge is 2.24. The number of esters is 2. The minimum atomic E-state index is -0.370. The molecule has 4 heteroatoms. The maximum atomic E-state index is 12.3. The minimum Gasteiger partial charge on any atom is -0.427 e. The van der Waals surface area contributed by atoms with Crippen LogP contribution in [-0.4, -0.2) is 11.9 Å². The van der Waals surface area contributed by atoms with E-state index >= 15 is 0 Å². The lowest BCUT2D eigenvalue weighted by Crippen LogP contribution is -2.18. The van der Waals surface area contributed by atoms with E-state index in [-0.39, 0.29) is 35.6 Å². The molecule has 4 aromatic rings. The van der Waals surface area contributed by atoms with Gasteiger partial charge in [-0.2, -0.15) is 0 Å². The van der Waals surface area contributed by atoms with Crippen LogP contribution in [0.1, 0.15) is 69.2 Å². The molecule has 0 aliphatic heterocycles. The summed E-state index contributed by atoms with van der Waals surface area (Å²) in [5.41, 5.74) is 4.37. The number of ether oxygens (including phenoxy) is 2. The maximum absolute atomic E-state index is 12.3. The average Bonchev–Trinajstić information content (AvgIpc) is 2.94. The second-order valence-corrected chi connectivity index (χ2v) is 10.8. The molecular weight excluding hydrogens is 484 g/mol. The summed E-state index contributed by atoms with van der Waals surface area (Å²) in [4.78, 5) is 24.7. The van der Waals surface area contributed by atoms with Crippen LogP contribution < -0.4 is 9.47 Å². The summed E-state index contributed by atoms with van der Waals surface area (Å²) in [6.07, 6.45) is 0.628. The Labute approximate surface area is 231 Å². The molecule has 0 aromatic heterocycles. The third-order valence-corrected chi connectivity index (χ3v) is 7.37. The fraction of sp³-hybridized carbons (Fsp3) is 0.257. The van der Waals surface area contributed by atoms with Crippen LogP contribution in [0.5, 0.6) is 11.5 Å². The molecule has 200 valence electrons. The zero-order valence-corrected chi connectivity index (χ0v) is 23.1. The van der Waals surface area contributed by atoms with E-state index in [1.54, 1.807) is 0 Å². The van der Waals surface area contributed by atoms with Gasteiger partial charge >= 0.3 is 11.9 Å². The van der Waals surface area contributed by atoms with Gasteiger partial charge in [0.05, 0.1) is 0 Å². The SMILES string of the molecule is CC(C)(c1ccccc1)c1ccc(OC(=O)CCCC(=O)Oc2ccc(C(C)(C)c3ccccc3)cc2)cc1. The van der Waals surface area contributed by atoms with Crippen molar-refractivity contribution >= 4 is 11.9 Å². The predicted molar refractivity (Wildman–Crippen MR) is 155 cm³/mol. The summed E-state index contributed by atoms with van der Waals surface area (Å²) in [7, 11) is 0. The number of benzene rings is 4. The van der Waals surface area contributed by atoms with Gasteiger partial charge in [-0.3, -0.25) is 9.59 Å². The van der Waals surface area contributed by atoms with Crippen molar-refractivity contribution < 1.29 is 19.1 Å². The Morgan fingerprint density at radius 2 is 0.795 bits per heavy atom. The molecule has 0 saturated carbocycles. The molecule has 39 heavy (non-hydrogen) atoms. The molecule has 0 spiro atoms. The van der Waals surface area contributed by atoms with Gasteiger partial charge in [0.1, 0.15) is 11.5 Å². The van der Waals surface area contributed by atoms with E-state index in [4.69, 9.17) is 9.47 Å². The zero-order chi connectivity index (χ0) is 27.9. The van der Waals surface area contributed by atoms with E-state index in [9.17, 15) is 9.59 Å². The molecule has 0 heterocycles. The number of rotatable bonds is 10. The van der Waals surface area contributed by atoms with E-state index in [1.165, 1.54) is 11.1 Å². The van der Waals surface area contributed by atoms with E-state index in [1.807, 2.05) is 84.9 Å². The van der Waals surface area contributed by atoms with Crippen molar-refractivity contribution in [2.75, 3.05) is 0 Å². The minimum absolute atomic E-state index is 0.135. The van der Waals surface area contributed by atoms with Gasteiger partial charge in [-0.15, -0.1) is 0 Å². The van der Waals surface area contributed by atoms with E-state index in [0.717, 1.165) is 11.1 Å². The summed E-state index contributed by atoms with van der Waals surface area (Å²) >= 11 is 0. The molecule has 0 unspecified atom stereocenters. The van der Waals surface area contributed by atoms with Crippen molar-refractivity contribution in [3.8, 4) is 11.5 Å². The quantitative estimate of drug-likeness (QED) is 0.157. The summed E-state index contributed by atoms with van der Waals surface area (Å²) in [6, 6.07) is 35.8. The first-order valence-corrected chi connectivity index (χ1v) is 13.4. The van der Waals surface area contributed by atoms with Gasteiger partial charge in [-0.1, -0.05) is 113 Å². The third kappa shape index (κ3) is 7.02. The van der Waals surface area contributed by atoms with Gasteiger partial charge in [0.2, 0.25) is 0 Å². The normalized spacial score (nSPS) is 11.6. The van der Waals surface area contributed by atoms with E-state index in [2.05, 4.69) is 52.0 Å². The number of carbonyl (C=O) groups is 2. The van der Waals surface area contributed by atoms with Gasteiger partial charge in [0, 0.05) is 23.7 Å². The van der Waals surface area contributed by atoms with Crippen molar-refractivity contribution in [1.82, 2.24) is 0 Å². The van der Waals surface area contributed by atoms with Crippen LogP contribution in [-0.2, 0) is 20.4 Å². The molecule has 4 aromatic carbocycles. The molecular formula is C35H36O4. The number of hydrogen-bond donors (Lipinski definition) is 0. The summed E-state index contributed by atoms with van der Waals surface area (Å²) < 4.78 is 11.0. The van der Waals surface area contributed by atoms with Crippen molar-refractivity contribution in [3.63, 3.8) is 0 Å². The van der Waals surface area contributed by atoms with E-state index in [0.29, 0.717) is 17.9 Å². The van der Waals surface area contributed by atoms with Crippen LogP contribution in [0.3, 0.4) is 0 Å². The van der Waals surface area contributed by atoms with Gasteiger partial charge in [0.25, 0.3) is 0 Å². The lowest BCUT2D eigenvalue weighted by atomic mass is 9.78. The second-order valence-electron chi connectivity index (χ2n) is 10.8. The maximum Gasteiger partial charge on any atom is 0.311 e. The first-order chi connectivity index (χ1) is 18.7. The third-order valence-electron chi connectivity index (χ3n) is 7.37. The zero-order valence-electron chi connectivity index (χ0n) is 23.1. The van der Waals surface area contributed by atoms with Crippen molar-refractivity contribution in [3.05, 3.63) is 131 Å². The van der Waals surface area contributed by atoms with Gasteiger partial charge in [-0.25, -0.2) is 0 Å². The molecule has 0 N–H and O–H groups in total.